The molecule has 0 aliphatic heterocycles. The molecule has 2 atom stereocenters. The van der Waals surface area contributed by atoms with Crippen LogP contribution < -0.4 is 0 Å². The number of hydrogen-bond donors (Lipinski definition) is 0. The fourth-order valence-corrected chi connectivity index (χ4v) is 1.29. The third kappa shape index (κ3) is 7.31. The summed E-state index contributed by atoms with van der Waals surface area (Å²) >= 11 is 0. The lowest BCUT2D eigenvalue weighted by atomic mass is 10.3. The Balaban J connectivity index is 4.11. The molecule has 0 spiro atoms. The molecular formula is C12H24N2O. The molecule has 3 nitrogen and oxygen atoms in total. The monoisotopic (exact) mass is 212 g/mol. The third-order valence-corrected chi connectivity index (χ3v) is 1.97. The smallest absolute Gasteiger partial charge is 0.0888 e. The van der Waals surface area contributed by atoms with E-state index in [2.05, 4.69) is 23.0 Å². The van der Waals surface area contributed by atoms with E-state index in [1.54, 1.807) is 0 Å². The highest BCUT2D eigenvalue weighted by Gasteiger charge is 2.12. The van der Waals surface area contributed by atoms with Gasteiger partial charge in [0.2, 0.25) is 0 Å². The molecule has 0 aliphatic carbocycles. The average molecular weight is 212 g/mol. The lowest BCUT2D eigenvalue weighted by Gasteiger charge is -2.24. The van der Waals surface area contributed by atoms with Crippen LogP contribution in [0.5, 0.6) is 0 Å². The van der Waals surface area contributed by atoms with Crippen molar-refractivity contribution >= 4 is 0 Å². The van der Waals surface area contributed by atoms with E-state index in [4.69, 9.17) is 4.74 Å². The van der Waals surface area contributed by atoms with Crippen molar-refractivity contribution in [1.29, 1.82) is 0 Å². The molecule has 0 saturated carbocycles. The summed E-state index contributed by atoms with van der Waals surface area (Å²) in [6.45, 7) is 9.26. The zero-order valence-electron chi connectivity index (χ0n) is 10.4. The van der Waals surface area contributed by atoms with Gasteiger partial charge in [0.05, 0.1) is 12.2 Å². The Hall–Kier alpha value is -0.640. The number of likely N-dealkylation sites (N-methyl/N-ethyl adjacent to an activating group) is 2. The Bertz CT molecular complexity index is 170. The molecular weight excluding hydrogens is 188 g/mol. The molecule has 0 fully saturated rings. The minimum absolute atomic E-state index is 0.0583. The molecule has 0 aromatic rings. The maximum Gasteiger partial charge on any atom is 0.0888 e. The fraction of sp³-hybridized carbons (Fsp3) is 0.667. The van der Waals surface area contributed by atoms with Crippen molar-refractivity contribution in [2.45, 2.75) is 12.2 Å². The van der Waals surface area contributed by atoms with Gasteiger partial charge in [0.25, 0.3) is 0 Å². The highest BCUT2D eigenvalue weighted by molar-refractivity contribution is 4.88. The predicted molar refractivity (Wildman–Crippen MR) is 66.2 cm³/mol. The van der Waals surface area contributed by atoms with E-state index in [0.29, 0.717) is 0 Å². The maximum atomic E-state index is 5.85. The average Bonchev–Trinajstić information content (AvgIpc) is 2.14. The predicted octanol–water partition coefficient (Wildman–Crippen LogP) is 1.24. The van der Waals surface area contributed by atoms with Crippen molar-refractivity contribution in [3.63, 3.8) is 0 Å². The van der Waals surface area contributed by atoms with E-state index < -0.39 is 0 Å². The van der Waals surface area contributed by atoms with Crippen LogP contribution in [0.1, 0.15) is 0 Å². The van der Waals surface area contributed by atoms with Gasteiger partial charge in [-0.15, -0.1) is 13.2 Å². The maximum absolute atomic E-state index is 5.85. The third-order valence-electron chi connectivity index (χ3n) is 1.97. The van der Waals surface area contributed by atoms with E-state index in [1.165, 1.54) is 0 Å². The van der Waals surface area contributed by atoms with Crippen LogP contribution in [-0.4, -0.2) is 63.3 Å². The van der Waals surface area contributed by atoms with Gasteiger partial charge in [0, 0.05) is 13.1 Å². The number of rotatable bonds is 8. The van der Waals surface area contributed by atoms with E-state index in [-0.39, 0.29) is 12.2 Å². The molecule has 0 aromatic carbocycles. The van der Waals surface area contributed by atoms with Gasteiger partial charge < -0.3 is 14.5 Å². The first-order valence-corrected chi connectivity index (χ1v) is 5.19. The molecule has 0 rings (SSSR count). The molecule has 15 heavy (non-hydrogen) atoms. The summed E-state index contributed by atoms with van der Waals surface area (Å²) in [7, 11) is 8.09. The Morgan fingerprint density at radius 3 is 1.47 bits per heavy atom. The molecule has 88 valence electrons. The Morgan fingerprint density at radius 2 is 1.27 bits per heavy atom. The van der Waals surface area contributed by atoms with Gasteiger partial charge in [-0.3, -0.25) is 0 Å². The van der Waals surface area contributed by atoms with Gasteiger partial charge in [-0.05, 0) is 28.2 Å². The SMILES string of the molecule is C=CC(CN(C)C)OC(C=C)CN(C)C. The minimum atomic E-state index is 0.0583. The van der Waals surface area contributed by atoms with Crippen molar-refractivity contribution in [3.8, 4) is 0 Å². The summed E-state index contributed by atoms with van der Waals surface area (Å²) in [6.07, 6.45) is 3.80. The summed E-state index contributed by atoms with van der Waals surface area (Å²) in [5.41, 5.74) is 0. The van der Waals surface area contributed by atoms with Crippen molar-refractivity contribution in [3.05, 3.63) is 25.3 Å². The molecule has 0 amide bonds. The molecule has 0 saturated heterocycles. The molecule has 0 aromatic heterocycles. The van der Waals surface area contributed by atoms with Crippen LogP contribution >= 0.6 is 0 Å². The summed E-state index contributed by atoms with van der Waals surface area (Å²) in [5, 5.41) is 0. The molecule has 2 unspecified atom stereocenters. The van der Waals surface area contributed by atoms with Gasteiger partial charge in [0.1, 0.15) is 0 Å². The summed E-state index contributed by atoms with van der Waals surface area (Å²) in [5.74, 6) is 0. The zero-order valence-corrected chi connectivity index (χ0v) is 10.4. The molecule has 0 bridgehead atoms. The number of ether oxygens (including phenoxy) is 1. The summed E-state index contributed by atoms with van der Waals surface area (Å²) in [4.78, 5) is 4.17. The number of hydrogen-bond acceptors (Lipinski definition) is 3. The second-order valence-corrected chi connectivity index (χ2v) is 4.21. The Kier molecular flexibility index (Phi) is 7.30. The van der Waals surface area contributed by atoms with Crippen molar-refractivity contribution < 1.29 is 4.74 Å². The lowest BCUT2D eigenvalue weighted by molar-refractivity contribution is 0.0162. The van der Waals surface area contributed by atoms with Crippen LogP contribution in [0.3, 0.4) is 0 Å². The van der Waals surface area contributed by atoms with Gasteiger partial charge in [-0.2, -0.15) is 0 Å². The quantitative estimate of drug-likeness (QED) is 0.563. The molecule has 0 radical (unpaired) electrons. The van der Waals surface area contributed by atoms with E-state index in [1.807, 2.05) is 40.3 Å². The van der Waals surface area contributed by atoms with Crippen molar-refractivity contribution in [2.24, 2.45) is 0 Å². The normalized spacial score (nSPS) is 15.3. The fourth-order valence-electron chi connectivity index (χ4n) is 1.29. The summed E-state index contributed by atoms with van der Waals surface area (Å²) < 4.78 is 5.85. The first-order valence-electron chi connectivity index (χ1n) is 5.19. The van der Waals surface area contributed by atoms with Crippen LogP contribution in [0.15, 0.2) is 25.3 Å². The standard InChI is InChI=1S/C12H24N2O/c1-7-11(9-13(3)4)15-12(8-2)10-14(5)6/h7-8,11-12H,1-2,9-10H2,3-6H3. The molecule has 3 heteroatoms. The van der Waals surface area contributed by atoms with Crippen LogP contribution in [0.25, 0.3) is 0 Å². The van der Waals surface area contributed by atoms with Crippen LogP contribution in [-0.2, 0) is 4.74 Å². The van der Waals surface area contributed by atoms with Gasteiger partial charge in [-0.25, -0.2) is 0 Å². The van der Waals surface area contributed by atoms with Gasteiger partial charge in [-0.1, -0.05) is 12.2 Å². The van der Waals surface area contributed by atoms with E-state index in [9.17, 15) is 0 Å². The first-order chi connectivity index (χ1) is 6.99. The Morgan fingerprint density at radius 1 is 0.933 bits per heavy atom. The highest BCUT2D eigenvalue weighted by atomic mass is 16.5. The van der Waals surface area contributed by atoms with Crippen LogP contribution in [0.2, 0.25) is 0 Å². The topological polar surface area (TPSA) is 15.7 Å². The van der Waals surface area contributed by atoms with E-state index >= 15 is 0 Å². The Labute approximate surface area is 94.0 Å². The minimum Gasteiger partial charge on any atom is -0.364 e. The first kappa shape index (κ1) is 14.4. The number of nitrogens with zero attached hydrogens (tertiary/aromatic N) is 2. The van der Waals surface area contributed by atoms with E-state index in [0.717, 1.165) is 13.1 Å². The van der Waals surface area contributed by atoms with Gasteiger partial charge >= 0.3 is 0 Å². The zero-order chi connectivity index (χ0) is 11.8. The molecule has 0 N–H and O–H groups in total. The summed E-state index contributed by atoms with van der Waals surface area (Å²) in [6, 6.07) is 0. The second-order valence-electron chi connectivity index (χ2n) is 4.21. The van der Waals surface area contributed by atoms with Gasteiger partial charge in [0.15, 0.2) is 0 Å². The second kappa shape index (κ2) is 7.63. The van der Waals surface area contributed by atoms with Crippen molar-refractivity contribution in [2.75, 3.05) is 41.3 Å². The molecule has 0 aliphatic rings. The lowest BCUT2D eigenvalue weighted by Crippen LogP contribution is -2.34. The highest BCUT2D eigenvalue weighted by Crippen LogP contribution is 2.03. The van der Waals surface area contributed by atoms with Crippen LogP contribution in [0, 0.1) is 0 Å². The molecule has 0 heterocycles. The van der Waals surface area contributed by atoms with Crippen LogP contribution in [0.4, 0.5) is 0 Å². The largest absolute Gasteiger partial charge is 0.364 e. The van der Waals surface area contributed by atoms with Crippen molar-refractivity contribution in [1.82, 2.24) is 9.80 Å².